The van der Waals surface area contributed by atoms with Crippen LogP contribution < -0.4 is 0 Å². The topological polar surface area (TPSA) is 29.5 Å². The monoisotopic (exact) mass is 234 g/mol. The van der Waals surface area contributed by atoms with Crippen molar-refractivity contribution in [1.29, 1.82) is 0 Å². The van der Waals surface area contributed by atoms with Crippen LogP contribution in [0.1, 0.15) is 43.8 Å². The number of ether oxygens (including phenoxy) is 1. The lowest BCUT2D eigenvalue weighted by atomic mass is 9.90. The van der Waals surface area contributed by atoms with E-state index >= 15 is 0 Å². The van der Waals surface area contributed by atoms with Crippen molar-refractivity contribution >= 4 is 0 Å². The smallest absolute Gasteiger partial charge is 0.102 e. The van der Waals surface area contributed by atoms with E-state index in [2.05, 4.69) is 0 Å². The number of hydrogen-bond acceptors (Lipinski definition) is 2. The highest BCUT2D eigenvalue weighted by molar-refractivity contribution is 5.17. The number of aliphatic hydroxyl groups is 1. The van der Waals surface area contributed by atoms with Crippen LogP contribution in [0.2, 0.25) is 0 Å². The quantitative estimate of drug-likeness (QED) is 0.847. The lowest BCUT2D eigenvalue weighted by Gasteiger charge is -2.22. The van der Waals surface area contributed by atoms with Crippen LogP contribution in [0, 0.1) is 5.92 Å². The molecule has 2 heteroatoms. The van der Waals surface area contributed by atoms with Crippen molar-refractivity contribution in [2.75, 3.05) is 13.2 Å². The van der Waals surface area contributed by atoms with Gasteiger partial charge in [0.25, 0.3) is 0 Å². The predicted octanol–water partition coefficient (Wildman–Crippen LogP) is 3.32. The van der Waals surface area contributed by atoms with E-state index in [1.165, 1.54) is 32.1 Å². The predicted molar refractivity (Wildman–Crippen MR) is 68.8 cm³/mol. The first-order valence-electron chi connectivity index (χ1n) is 6.67. The Kier molecular flexibility index (Phi) is 5.02. The average molecular weight is 234 g/mol. The summed E-state index contributed by atoms with van der Waals surface area (Å²) < 4.78 is 5.64. The van der Waals surface area contributed by atoms with E-state index in [9.17, 15) is 5.11 Å². The van der Waals surface area contributed by atoms with Gasteiger partial charge in [0.15, 0.2) is 0 Å². The van der Waals surface area contributed by atoms with Crippen molar-refractivity contribution in [2.24, 2.45) is 5.92 Å². The van der Waals surface area contributed by atoms with Crippen LogP contribution in [0.25, 0.3) is 0 Å². The highest BCUT2D eigenvalue weighted by atomic mass is 16.5. The zero-order valence-electron chi connectivity index (χ0n) is 10.3. The molecule has 1 aliphatic rings. The molecule has 1 atom stereocenters. The van der Waals surface area contributed by atoms with Gasteiger partial charge in [-0.15, -0.1) is 0 Å². The highest BCUT2D eigenvalue weighted by Crippen LogP contribution is 2.24. The molecule has 0 bridgehead atoms. The van der Waals surface area contributed by atoms with Gasteiger partial charge in [0, 0.05) is 6.61 Å². The van der Waals surface area contributed by atoms with Crippen molar-refractivity contribution in [1.82, 2.24) is 0 Å². The summed E-state index contributed by atoms with van der Waals surface area (Å²) in [4.78, 5) is 0. The van der Waals surface area contributed by atoms with Crippen LogP contribution in [0.4, 0.5) is 0 Å². The van der Waals surface area contributed by atoms with Crippen LogP contribution in [0.15, 0.2) is 30.3 Å². The lowest BCUT2D eigenvalue weighted by molar-refractivity contribution is 0.0146. The van der Waals surface area contributed by atoms with E-state index in [4.69, 9.17) is 4.74 Å². The molecule has 0 spiro atoms. The molecule has 1 saturated carbocycles. The Morgan fingerprint density at radius 2 is 1.82 bits per heavy atom. The third-order valence-corrected chi connectivity index (χ3v) is 3.54. The molecule has 0 heterocycles. The van der Waals surface area contributed by atoms with Gasteiger partial charge in [-0.2, -0.15) is 0 Å². The van der Waals surface area contributed by atoms with Crippen LogP contribution in [-0.4, -0.2) is 18.3 Å². The first-order valence-corrected chi connectivity index (χ1v) is 6.67. The van der Waals surface area contributed by atoms with E-state index in [0.717, 1.165) is 12.2 Å². The van der Waals surface area contributed by atoms with Gasteiger partial charge in [0.1, 0.15) is 6.10 Å². The van der Waals surface area contributed by atoms with Gasteiger partial charge in [-0.1, -0.05) is 49.6 Å². The Hall–Kier alpha value is -0.860. The van der Waals surface area contributed by atoms with Crippen molar-refractivity contribution in [2.45, 2.75) is 38.2 Å². The van der Waals surface area contributed by atoms with Crippen molar-refractivity contribution < 1.29 is 9.84 Å². The molecule has 1 aliphatic carbocycles. The molecule has 1 aromatic rings. The second-order valence-electron chi connectivity index (χ2n) is 4.97. The summed E-state index contributed by atoms with van der Waals surface area (Å²) in [5.41, 5.74) is 0.941. The van der Waals surface area contributed by atoms with E-state index in [1.54, 1.807) is 0 Å². The summed E-state index contributed by atoms with van der Waals surface area (Å²) in [5, 5.41) is 9.92. The summed E-state index contributed by atoms with van der Waals surface area (Å²) in [6.45, 7) is 1.23. The summed E-state index contributed by atoms with van der Waals surface area (Å²) >= 11 is 0. The van der Waals surface area contributed by atoms with E-state index in [-0.39, 0.29) is 0 Å². The Labute approximate surface area is 104 Å². The molecule has 2 rings (SSSR count). The Bertz CT molecular complexity index is 304. The number of hydrogen-bond donors (Lipinski definition) is 1. The minimum Gasteiger partial charge on any atom is -0.386 e. The zero-order valence-corrected chi connectivity index (χ0v) is 10.3. The first-order chi connectivity index (χ1) is 8.36. The third kappa shape index (κ3) is 4.14. The van der Waals surface area contributed by atoms with Gasteiger partial charge in [0.2, 0.25) is 0 Å². The molecule has 0 aromatic heterocycles. The molecule has 0 amide bonds. The molecule has 17 heavy (non-hydrogen) atoms. The summed E-state index contributed by atoms with van der Waals surface area (Å²) in [5.74, 6) is 0.715. The number of aliphatic hydroxyl groups excluding tert-OH is 1. The van der Waals surface area contributed by atoms with E-state index in [0.29, 0.717) is 12.5 Å². The summed E-state index contributed by atoms with van der Waals surface area (Å²) in [6.07, 6.45) is 6.16. The SMILES string of the molecule is OC(COCC1CCCCC1)c1ccccc1. The minimum atomic E-state index is -0.486. The molecule has 0 saturated heterocycles. The zero-order chi connectivity index (χ0) is 11.9. The van der Waals surface area contributed by atoms with E-state index in [1.807, 2.05) is 30.3 Å². The number of benzene rings is 1. The molecule has 94 valence electrons. The Balaban J connectivity index is 1.67. The molecule has 1 unspecified atom stereocenters. The van der Waals surface area contributed by atoms with Gasteiger partial charge >= 0.3 is 0 Å². The maximum absolute atomic E-state index is 9.92. The normalized spacial score (nSPS) is 19.1. The fraction of sp³-hybridized carbons (Fsp3) is 0.600. The fourth-order valence-corrected chi connectivity index (χ4v) is 2.47. The average Bonchev–Trinajstić information content (AvgIpc) is 2.41. The third-order valence-electron chi connectivity index (χ3n) is 3.54. The molecule has 2 nitrogen and oxygen atoms in total. The largest absolute Gasteiger partial charge is 0.386 e. The van der Waals surface area contributed by atoms with Crippen molar-refractivity contribution in [3.05, 3.63) is 35.9 Å². The molecular formula is C15H22O2. The van der Waals surface area contributed by atoms with Crippen LogP contribution in [-0.2, 0) is 4.74 Å². The van der Waals surface area contributed by atoms with Gasteiger partial charge in [-0.05, 0) is 24.3 Å². The standard InChI is InChI=1S/C15H22O2/c16-15(14-9-5-2-6-10-14)12-17-11-13-7-3-1-4-8-13/h2,5-6,9-10,13,15-16H,1,3-4,7-8,11-12H2. The molecule has 1 N–H and O–H groups in total. The fourth-order valence-electron chi connectivity index (χ4n) is 2.47. The van der Waals surface area contributed by atoms with Gasteiger partial charge < -0.3 is 9.84 Å². The van der Waals surface area contributed by atoms with Gasteiger partial charge in [-0.25, -0.2) is 0 Å². The molecule has 1 fully saturated rings. The second-order valence-corrected chi connectivity index (χ2v) is 4.97. The van der Waals surface area contributed by atoms with Gasteiger partial charge in [-0.3, -0.25) is 0 Å². The van der Waals surface area contributed by atoms with Crippen LogP contribution >= 0.6 is 0 Å². The van der Waals surface area contributed by atoms with Crippen molar-refractivity contribution in [3.8, 4) is 0 Å². The van der Waals surface area contributed by atoms with E-state index < -0.39 is 6.10 Å². The molecule has 1 aromatic carbocycles. The Morgan fingerprint density at radius 1 is 1.12 bits per heavy atom. The molecular weight excluding hydrogens is 212 g/mol. The maximum Gasteiger partial charge on any atom is 0.102 e. The first kappa shape index (κ1) is 12.6. The van der Waals surface area contributed by atoms with Gasteiger partial charge in [0.05, 0.1) is 6.61 Å². The Morgan fingerprint density at radius 3 is 2.53 bits per heavy atom. The molecule has 0 radical (unpaired) electrons. The highest BCUT2D eigenvalue weighted by Gasteiger charge is 2.14. The number of rotatable bonds is 5. The van der Waals surface area contributed by atoms with Crippen LogP contribution in [0.5, 0.6) is 0 Å². The van der Waals surface area contributed by atoms with Crippen molar-refractivity contribution in [3.63, 3.8) is 0 Å². The second kappa shape index (κ2) is 6.77. The summed E-state index contributed by atoms with van der Waals surface area (Å²) in [7, 11) is 0. The minimum absolute atomic E-state index is 0.417. The summed E-state index contributed by atoms with van der Waals surface area (Å²) in [6, 6.07) is 9.72. The maximum atomic E-state index is 9.92. The van der Waals surface area contributed by atoms with Crippen LogP contribution in [0.3, 0.4) is 0 Å². The lowest BCUT2D eigenvalue weighted by Crippen LogP contribution is -2.16. The molecule has 0 aliphatic heterocycles.